The Hall–Kier alpha value is 0.400. The molecule has 1 saturated heterocycles. The number of rotatable bonds is 7. The number of unbranched alkanes of at least 4 members (excludes halogenated alkanes) is 2. The molecule has 1 aliphatic heterocycles. The quantitative estimate of drug-likeness (QED) is 0.524. The Morgan fingerprint density at radius 1 is 1.27 bits per heavy atom. The molecule has 0 amide bonds. The Morgan fingerprint density at radius 3 is 2.60 bits per heavy atom. The van der Waals surface area contributed by atoms with E-state index < -0.39 is 0 Å². The molecular weight excluding hydrogens is 254 g/mol. The number of ether oxygens (including phenoxy) is 1. The molecule has 1 aliphatic rings. The molecule has 90 valence electrons. The summed E-state index contributed by atoms with van der Waals surface area (Å²) in [4.78, 5) is 2.59. The van der Waals surface area contributed by atoms with Gasteiger partial charge in [0.1, 0.15) is 0 Å². The van der Waals surface area contributed by atoms with E-state index in [0.29, 0.717) is 6.10 Å². The second-order valence-corrected chi connectivity index (χ2v) is 5.10. The van der Waals surface area contributed by atoms with Crippen LogP contribution in [0.1, 0.15) is 39.0 Å². The minimum absolute atomic E-state index is 0.518. The number of hydrogen-bond donors (Lipinski definition) is 0. The number of hydrogen-bond acceptors (Lipinski definition) is 2. The minimum atomic E-state index is 0.518. The van der Waals surface area contributed by atoms with Gasteiger partial charge in [0, 0.05) is 18.4 Å². The SMILES string of the molecule is CCCCCN1CCC(OCCBr)CC1. The van der Waals surface area contributed by atoms with Gasteiger partial charge in [0.15, 0.2) is 0 Å². The molecule has 1 fully saturated rings. The molecule has 0 spiro atoms. The van der Waals surface area contributed by atoms with Crippen molar-refractivity contribution in [3.63, 3.8) is 0 Å². The lowest BCUT2D eigenvalue weighted by Crippen LogP contribution is -2.37. The zero-order valence-corrected chi connectivity index (χ0v) is 11.5. The van der Waals surface area contributed by atoms with Crippen molar-refractivity contribution in [1.82, 2.24) is 4.90 Å². The van der Waals surface area contributed by atoms with Crippen LogP contribution >= 0.6 is 15.9 Å². The van der Waals surface area contributed by atoms with Crippen molar-refractivity contribution >= 4 is 15.9 Å². The number of likely N-dealkylation sites (tertiary alicyclic amines) is 1. The summed E-state index contributed by atoms with van der Waals surface area (Å²) in [6, 6.07) is 0. The number of nitrogens with zero attached hydrogens (tertiary/aromatic N) is 1. The average molecular weight is 278 g/mol. The van der Waals surface area contributed by atoms with Crippen molar-refractivity contribution in [1.29, 1.82) is 0 Å². The molecular formula is C12H24BrNO. The third-order valence-corrected chi connectivity index (χ3v) is 3.37. The van der Waals surface area contributed by atoms with Crippen LogP contribution in [-0.2, 0) is 4.74 Å². The molecule has 0 atom stereocenters. The first-order chi connectivity index (χ1) is 7.36. The number of alkyl halides is 1. The summed E-state index contributed by atoms with van der Waals surface area (Å²) >= 11 is 3.39. The van der Waals surface area contributed by atoms with E-state index in [2.05, 4.69) is 27.8 Å². The highest BCUT2D eigenvalue weighted by molar-refractivity contribution is 9.09. The maximum atomic E-state index is 5.73. The summed E-state index contributed by atoms with van der Waals surface area (Å²) in [5, 5.41) is 0.962. The lowest BCUT2D eigenvalue weighted by atomic mass is 10.1. The van der Waals surface area contributed by atoms with Crippen molar-refractivity contribution in [2.24, 2.45) is 0 Å². The van der Waals surface area contributed by atoms with E-state index in [-0.39, 0.29) is 0 Å². The first-order valence-corrected chi connectivity index (χ1v) is 7.39. The van der Waals surface area contributed by atoms with Crippen LogP contribution in [0.25, 0.3) is 0 Å². The average Bonchev–Trinajstić information content (AvgIpc) is 2.28. The van der Waals surface area contributed by atoms with Gasteiger partial charge >= 0.3 is 0 Å². The monoisotopic (exact) mass is 277 g/mol. The first kappa shape index (κ1) is 13.5. The molecule has 0 N–H and O–H groups in total. The smallest absolute Gasteiger partial charge is 0.0599 e. The molecule has 0 aromatic heterocycles. The molecule has 1 heterocycles. The Morgan fingerprint density at radius 2 is 2.00 bits per heavy atom. The van der Waals surface area contributed by atoms with E-state index in [1.807, 2.05) is 0 Å². The van der Waals surface area contributed by atoms with E-state index >= 15 is 0 Å². The highest BCUT2D eigenvalue weighted by Crippen LogP contribution is 2.14. The standard InChI is InChI=1S/C12H24BrNO/c1-2-3-4-8-14-9-5-12(6-10-14)15-11-7-13/h12H,2-11H2,1H3. The topological polar surface area (TPSA) is 12.5 Å². The van der Waals surface area contributed by atoms with Crippen LogP contribution in [0.2, 0.25) is 0 Å². The molecule has 0 aromatic carbocycles. The summed E-state index contributed by atoms with van der Waals surface area (Å²) in [7, 11) is 0. The molecule has 1 rings (SSSR count). The predicted octanol–water partition coefficient (Wildman–Crippen LogP) is 3.05. The molecule has 0 aliphatic carbocycles. The molecule has 0 bridgehead atoms. The highest BCUT2D eigenvalue weighted by Gasteiger charge is 2.18. The first-order valence-electron chi connectivity index (χ1n) is 6.26. The summed E-state index contributed by atoms with van der Waals surface area (Å²) in [5.74, 6) is 0. The van der Waals surface area contributed by atoms with Gasteiger partial charge in [-0.25, -0.2) is 0 Å². The molecule has 0 saturated carbocycles. The van der Waals surface area contributed by atoms with Crippen LogP contribution in [0, 0.1) is 0 Å². The summed E-state index contributed by atoms with van der Waals surface area (Å²) in [5.41, 5.74) is 0. The van der Waals surface area contributed by atoms with Crippen LogP contribution in [0.5, 0.6) is 0 Å². The Bertz CT molecular complexity index is 147. The van der Waals surface area contributed by atoms with E-state index in [1.165, 1.54) is 51.7 Å². The fraction of sp³-hybridized carbons (Fsp3) is 1.00. The van der Waals surface area contributed by atoms with Crippen LogP contribution in [0.4, 0.5) is 0 Å². The fourth-order valence-corrected chi connectivity index (χ4v) is 2.28. The summed E-state index contributed by atoms with van der Waals surface area (Å²) < 4.78 is 5.73. The Balaban J connectivity index is 2.02. The van der Waals surface area contributed by atoms with Crippen LogP contribution in [0.3, 0.4) is 0 Å². The van der Waals surface area contributed by atoms with Gasteiger partial charge in [-0.15, -0.1) is 0 Å². The van der Waals surface area contributed by atoms with Crippen LogP contribution in [0.15, 0.2) is 0 Å². The van der Waals surface area contributed by atoms with Crippen molar-refractivity contribution in [3.05, 3.63) is 0 Å². The minimum Gasteiger partial charge on any atom is -0.377 e. The van der Waals surface area contributed by atoms with Gasteiger partial charge in [0.2, 0.25) is 0 Å². The zero-order chi connectivity index (χ0) is 10.9. The van der Waals surface area contributed by atoms with Gasteiger partial charge in [-0.3, -0.25) is 0 Å². The van der Waals surface area contributed by atoms with Crippen molar-refractivity contribution in [2.45, 2.75) is 45.1 Å². The van der Waals surface area contributed by atoms with Crippen molar-refractivity contribution in [3.8, 4) is 0 Å². The van der Waals surface area contributed by atoms with Crippen LogP contribution in [-0.4, -0.2) is 42.6 Å². The third-order valence-electron chi connectivity index (χ3n) is 3.04. The van der Waals surface area contributed by atoms with E-state index in [9.17, 15) is 0 Å². The second kappa shape index (κ2) is 8.54. The van der Waals surface area contributed by atoms with Crippen molar-refractivity contribution in [2.75, 3.05) is 31.6 Å². The third kappa shape index (κ3) is 5.88. The molecule has 3 heteroatoms. The summed E-state index contributed by atoms with van der Waals surface area (Å²) in [6.07, 6.45) is 7.02. The van der Waals surface area contributed by atoms with E-state index in [1.54, 1.807) is 0 Å². The molecule has 2 nitrogen and oxygen atoms in total. The zero-order valence-electron chi connectivity index (χ0n) is 9.88. The van der Waals surface area contributed by atoms with Crippen LogP contribution < -0.4 is 0 Å². The maximum absolute atomic E-state index is 5.73. The Labute approximate surface area is 102 Å². The fourth-order valence-electron chi connectivity index (χ4n) is 2.10. The molecule has 0 unspecified atom stereocenters. The summed E-state index contributed by atoms with van der Waals surface area (Å²) in [6.45, 7) is 6.88. The molecule has 0 radical (unpaired) electrons. The van der Waals surface area contributed by atoms with Gasteiger partial charge in [-0.2, -0.15) is 0 Å². The lowest BCUT2D eigenvalue weighted by Gasteiger charge is -2.31. The van der Waals surface area contributed by atoms with Gasteiger partial charge in [-0.1, -0.05) is 35.7 Å². The number of halogens is 1. The lowest BCUT2D eigenvalue weighted by molar-refractivity contribution is 0.0156. The second-order valence-electron chi connectivity index (χ2n) is 4.31. The Kier molecular flexibility index (Phi) is 7.67. The highest BCUT2D eigenvalue weighted by atomic mass is 79.9. The van der Waals surface area contributed by atoms with Gasteiger partial charge in [-0.05, 0) is 25.8 Å². The number of piperidine rings is 1. The van der Waals surface area contributed by atoms with Gasteiger partial charge < -0.3 is 9.64 Å². The van der Waals surface area contributed by atoms with Gasteiger partial charge in [0.05, 0.1) is 12.7 Å². The van der Waals surface area contributed by atoms with E-state index in [4.69, 9.17) is 4.74 Å². The molecule has 15 heavy (non-hydrogen) atoms. The van der Waals surface area contributed by atoms with Crippen molar-refractivity contribution < 1.29 is 4.74 Å². The maximum Gasteiger partial charge on any atom is 0.0599 e. The predicted molar refractivity (Wildman–Crippen MR) is 68.7 cm³/mol. The normalized spacial score (nSPS) is 19.6. The largest absolute Gasteiger partial charge is 0.377 e. The van der Waals surface area contributed by atoms with E-state index in [0.717, 1.165) is 11.9 Å². The van der Waals surface area contributed by atoms with Gasteiger partial charge in [0.25, 0.3) is 0 Å². The molecule has 0 aromatic rings.